The lowest BCUT2D eigenvalue weighted by Crippen LogP contribution is -2.09. The fourth-order valence-corrected chi connectivity index (χ4v) is 2.92. The number of hydrogen-bond donors (Lipinski definition) is 1. The normalized spacial score (nSPS) is 10.8. The lowest BCUT2D eigenvalue weighted by Gasteiger charge is -2.10. The van der Waals surface area contributed by atoms with E-state index in [9.17, 15) is 4.79 Å². The zero-order chi connectivity index (χ0) is 19.2. The molecule has 8 heteroatoms. The lowest BCUT2D eigenvalue weighted by molar-refractivity contribution is 0.0729. The van der Waals surface area contributed by atoms with Crippen LogP contribution in [0.1, 0.15) is 21.6 Å². The fraction of sp³-hybridized carbons (Fsp3) is 0.105. The summed E-state index contributed by atoms with van der Waals surface area (Å²) in [6.45, 7) is 1.92. The Balaban J connectivity index is 1.70. The van der Waals surface area contributed by atoms with Crippen LogP contribution in [0.15, 0.2) is 52.9 Å². The maximum atomic E-state index is 12.2. The topological polar surface area (TPSA) is 72.8 Å². The molecule has 1 aromatic heterocycles. The molecule has 1 heterocycles. The van der Waals surface area contributed by atoms with Gasteiger partial charge in [-0.2, -0.15) is 5.10 Å². The van der Waals surface area contributed by atoms with Crippen molar-refractivity contribution in [2.24, 2.45) is 5.10 Å². The standard InChI is InChI=1S/C19H16ClN3O3S/c1-12-11-27-19(22-12)23-21-10-13-3-8-16(17(9-13)25-2)26-18(24)14-4-6-15(20)7-5-14/h3-11H,1-2H3,(H,22,23). The van der Waals surface area contributed by atoms with Crippen LogP contribution >= 0.6 is 22.9 Å². The van der Waals surface area contributed by atoms with E-state index >= 15 is 0 Å². The van der Waals surface area contributed by atoms with Crippen molar-refractivity contribution in [1.29, 1.82) is 0 Å². The number of aromatic nitrogens is 1. The van der Waals surface area contributed by atoms with Crippen LogP contribution in [0.25, 0.3) is 0 Å². The van der Waals surface area contributed by atoms with Crippen molar-refractivity contribution >= 4 is 40.3 Å². The number of rotatable bonds is 6. The van der Waals surface area contributed by atoms with E-state index in [0.717, 1.165) is 11.3 Å². The molecule has 0 aliphatic carbocycles. The van der Waals surface area contributed by atoms with E-state index in [1.165, 1.54) is 18.4 Å². The molecule has 0 unspecified atom stereocenters. The number of carbonyl (C=O) groups is 1. The second-order valence-electron chi connectivity index (χ2n) is 5.47. The van der Waals surface area contributed by atoms with Crippen molar-refractivity contribution in [3.8, 4) is 11.5 Å². The molecule has 0 fully saturated rings. The Morgan fingerprint density at radius 3 is 2.67 bits per heavy atom. The van der Waals surface area contributed by atoms with Crippen LogP contribution in [-0.2, 0) is 0 Å². The maximum absolute atomic E-state index is 12.2. The van der Waals surface area contributed by atoms with Crippen LogP contribution in [0.2, 0.25) is 5.02 Å². The Hall–Kier alpha value is -2.90. The number of nitrogens with one attached hydrogen (secondary N) is 1. The van der Waals surface area contributed by atoms with E-state index in [4.69, 9.17) is 21.1 Å². The third-order valence-corrected chi connectivity index (χ3v) is 4.58. The molecule has 0 radical (unpaired) electrons. The van der Waals surface area contributed by atoms with Crippen LogP contribution in [0.5, 0.6) is 11.5 Å². The summed E-state index contributed by atoms with van der Waals surface area (Å²) in [5.41, 5.74) is 4.98. The molecule has 0 atom stereocenters. The van der Waals surface area contributed by atoms with Crippen LogP contribution in [0, 0.1) is 6.92 Å². The highest BCUT2D eigenvalue weighted by molar-refractivity contribution is 7.13. The Morgan fingerprint density at radius 2 is 2.00 bits per heavy atom. The van der Waals surface area contributed by atoms with Crippen molar-refractivity contribution in [2.75, 3.05) is 12.5 Å². The summed E-state index contributed by atoms with van der Waals surface area (Å²) in [5, 5.41) is 7.34. The average molecular weight is 402 g/mol. The fourth-order valence-electron chi connectivity index (χ4n) is 2.16. The van der Waals surface area contributed by atoms with E-state index in [0.29, 0.717) is 27.2 Å². The smallest absolute Gasteiger partial charge is 0.343 e. The number of hydrogen-bond acceptors (Lipinski definition) is 7. The molecule has 0 aliphatic heterocycles. The summed E-state index contributed by atoms with van der Waals surface area (Å²) >= 11 is 7.30. The molecule has 0 saturated carbocycles. The summed E-state index contributed by atoms with van der Waals surface area (Å²) in [6.07, 6.45) is 1.63. The number of ether oxygens (including phenoxy) is 2. The van der Waals surface area contributed by atoms with Crippen LogP contribution in [-0.4, -0.2) is 24.3 Å². The van der Waals surface area contributed by atoms with Gasteiger partial charge in [0.2, 0.25) is 5.13 Å². The first kappa shape index (κ1) is 18.9. The van der Waals surface area contributed by atoms with E-state index in [-0.39, 0.29) is 0 Å². The number of nitrogens with zero attached hydrogens (tertiary/aromatic N) is 2. The summed E-state index contributed by atoms with van der Waals surface area (Å²) in [4.78, 5) is 16.5. The molecule has 138 valence electrons. The van der Waals surface area contributed by atoms with Gasteiger partial charge >= 0.3 is 5.97 Å². The van der Waals surface area contributed by atoms with Crippen LogP contribution < -0.4 is 14.9 Å². The average Bonchev–Trinajstić information content (AvgIpc) is 3.08. The summed E-state index contributed by atoms with van der Waals surface area (Å²) < 4.78 is 10.7. The van der Waals surface area contributed by atoms with Gasteiger partial charge in [0.05, 0.1) is 24.6 Å². The Kier molecular flexibility index (Phi) is 6.05. The van der Waals surface area contributed by atoms with Crippen molar-refractivity contribution in [2.45, 2.75) is 6.92 Å². The number of benzene rings is 2. The molecule has 3 aromatic rings. The molecular formula is C19H16ClN3O3S. The van der Waals surface area contributed by atoms with Crippen LogP contribution in [0.4, 0.5) is 5.13 Å². The van der Waals surface area contributed by atoms with Crippen molar-refractivity contribution in [1.82, 2.24) is 4.98 Å². The monoisotopic (exact) mass is 401 g/mol. The van der Waals surface area contributed by atoms with Gasteiger partial charge in [0.15, 0.2) is 11.5 Å². The van der Waals surface area contributed by atoms with Crippen molar-refractivity contribution in [3.63, 3.8) is 0 Å². The van der Waals surface area contributed by atoms with Crippen LogP contribution in [0.3, 0.4) is 0 Å². The van der Waals surface area contributed by atoms with Gasteiger partial charge in [-0.05, 0) is 55.0 Å². The van der Waals surface area contributed by atoms with E-state index in [1.54, 1.807) is 48.7 Å². The largest absolute Gasteiger partial charge is 0.493 e. The zero-order valence-electron chi connectivity index (χ0n) is 14.6. The summed E-state index contributed by atoms with van der Waals surface area (Å²) in [5.74, 6) is 0.247. The maximum Gasteiger partial charge on any atom is 0.343 e. The first-order chi connectivity index (χ1) is 13.0. The third kappa shape index (κ3) is 5.06. The second-order valence-corrected chi connectivity index (χ2v) is 6.77. The van der Waals surface area contributed by atoms with Gasteiger partial charge in [-0.3, -0.25) is 5.43 Å². The SMILES string of the molecule is COc1cc(C=NNc2nc(C)cs2)ccc1OC(=O)c1ccc(Cl)cc1. The van der Waals surface area contributed by atoms with E-state index in [1.807, 2.05) is 12.3 Å². The number of thiazole rings is 1. The van der Waals surface area contributed by atoms with Gasteiger partial charge in [0, 0.05) is 10.4 Å². The van der Waals surface area contributed by atoms with Gasteiger partial charge in [-0.25, -0.2) is 9.78 Å². The van der Waals surface area contributed by atoms with E-state index in [2.05, 4.69) is 15.5 Å². The molecule has 0 spiro atoms. The summed E-state index contributed by atoms with van der Waals surface area (Å²) in [7, 11) is 1.51. The van der Waals surface area contributed by atoms with Gasteiger partial charge in [0.1, 0.15) is 0 Å². The quantitative estimate of drug-likeness (QED) is 0.278. The van der Waals surface area contributed by atoms with Gasteiger partial charge in [-0.1, -0.05) is 11.6 Å². The molecule has 2 aromatic carbocycles. The van der Waals surface area contributed by atoms with Gasteiger partial charge in [0.25, 0.3) is 0 Å². The second kappa shape index (κ2) is 8.66. The molecule has 0 aliphatic rings. The number of carbonyl (C=O) groups excluding carboxylic acids is 1. The molecule has 6 nitrogen and oxygen atoms in total. The predicted octanol–water partition coefficient (Wildman–Crippen LogP) is 4.78. The predicted molar refractivity (Wildman–Crippen MR) is 107 cm³/mol. The number of halogens is 1. The molecule has 0 bridgehead atoms. The highest BCUT2D eigenvalue weighted by Crippen LogP contribution is 2.28. The molecule has 0 amide bonds. The minimum Gasteiger partial charge on any atom is -0.493 e. The molecule has 1 N–H and O–H groups in total. The summed E-state index contributed by atoms with van der Waals surface area (Å²) in [6, 6.07) is 11.6. The first-order valence-electron chi connectivity index (χ1n) is 7.92. The van der Waals surface area contributed by atoms with E-state index < -0.39 is 5.97 Å². The number of esters is 1. The Morgan fingerprint density at radius 1 is 1.22 bits per heavy atom. The van der Waals surface area contributed by atoms with Crippen molar-refractivity contribution in [3.05, 3.63) is 69.7 Å². The minimum atomic E-state index is -0.493. The van der Waals surface area contributed by atoms with Gasteiger partial charge < -0.3 is 9.47 Å². The number of hydrazone groups is 1. The Labute approximate surface area is 165 Å². The molecule has 3 rings (SSSR count). The first-order valence-corrected chi connectivity index (χ1v) is 9.18. The zero-order valence-corrected chi connectivity index (χ0v) is 16.2. The minimum absolute atomic E-state index is 0.318. The number of anilines is 1. The lowest BCUT2D eigenvalue weighted by atomic mass is 10.2. The molecule has 0 saturated heterocycles. The molecular weight excluding hydrogens is 386 g/mol. The third-order valence-electron chi connectivity index (χ3n) is 3.46. The molecule has 27 heavy (non-hydrogen) atoms. The van der Waals surface area contributed by atoms with Crippen molar-refractivity contribution < 1.29 is 14.3 Å². The van der Waals surface area contributed by atoms with Gasteiger partial charge in [-0.15, -0.1) is 11.3 Å². The Bertz CT molecular complexity index is 971. The number of aryl methyl sites for hydroxylation is 1. The highest BCUT2D eigenvalue weighted by Gasteiger charge is 2.12. The highest BCUT2D eigenvalue weighted by atomic mass is 35.5. The number of methoxy groups -OCH3 is 1.